The van der Waals surface area contributed by atoms with Gasteiger partial charge in [0.25, 0.3) is 0 Å². The average molecular weight is 276 g/mol. The Morgan fingerprint density at radius 2 is 1.95 bits per heavy atom. The minimum absolute atomic E-state index is 0.235. The Morgan fingerprint density at radius 3 is 2.67 bits per heavy atom. The predicted molar refractivity (Wildman–Crippen MR) is 81.7 cm³/mol. The molecule has 1 heterocycles. The fourth-order valence-electron chi connectivity index (χ4n) is 2.39. The number of rotatable bonds is 2. The third kappa shape index (κ3) is 1.99. The molecule has 0 unspecified atom stereocenters. The van der Waals surface area contributed by atoms with E-state index >= 15 is 0 Å². The number of carbonyl (C=O) groups excluding carboxylic acids is 1. The number of benzene rings is 2. The number of aromatic amines is 1. The second-order valence-corrected chi connectivity index (χ2v) is 4.72. The van der Waals surface area contributed by atoms with Gasteiger partial charge in [0.15, 0.2) is 5.78 Å². The van der Waals surface area contributed by atoms with E-state index in [1.807, 2.05) is 6.07 Å². The summed E-state index contributed by atoms with van der Waals surface area (Å²) in [6, 6.07) is 12.1. The maximum Gasteiger partial charge on any atom is 0.197 e. The van der Waals surface area contributed by atoms with E-state index in [0.29, 0.717) is 33.5 Å². The number of nitrogens with two attached hydrogens (primary N) is 2. The highest BCUT2D eigenvalue weighted by atomic mass is 16.1. The number of carbonyl (C=O) groups is 1. The number of H-pyrrole nitrogens is 1. The van der Waals surface area contributed by atoms with Crippen molar-refractivity contribution in [3.05, 3.63) is 59.3 Å². The summed E-state index contributed by atoms with van der Waals surface area (Å²) in [5.41, 5.74) is 14.3. The van der Waals surface area contributed by atoms with Crippen molar-refractivity contribution >= 4 is 28.1 Å². The lowest BCUT2D eigenvalue weighted by Crippen LogP contribution is -2.05. The number of nitrogens with zero attached hydrogens (tertiary/aromatic N) is 1. The lowest BCUT2D eigenvalue weighted by atomic mass is 9.98. The Bertz CT molecular complexity index is 902. The van der Waals surface area contributed by atoms with Crippen LogP contribution in [0.5, 0.6) is 0 Å². The van der Waals surface area contributed by atoms with Crippen LogP contribution >= 0.6 is 0 Å². The van der Waals surface area contributed by atoms with Gasteiger partial charge in [-0.1, -0.05) is 6.07 Å². The number of fused-ring (bicyclic) bond motifs is 1. The van der Waals surface area contributed by atoms with Crippen LogP contribution in [0.3, 0.4) is 0 Å². The van der Waals surface area contributed by atoms with Crippen molar-refractivity contribution in [2.45, 2.75) is 0 Å². The molecule has 0 aliphatic rings. The number of hydrogen-bond acceptors (Lipinski definition) is 4. The summed E-state index contributed by atoms with van der Waals surface area (Å²) in [6.07, 6.45) is 1.60. The molecule has 0 aliphatic heterocycles. The van der Waals surface area contributed by atoms with E-state index in [1.165, 1.54) is 0 Å². The first-order chi connectivity index (χ1) is 10.1. The molecule has 0 radical (unpaired) electrons. The molecule has 1 aromatic heterocycles. The molecule has 0 saturated heterocycles. The molecule has 0 saturated carbocycles. The zero-order chi connectivity index (χ0) is 15.0. The lowest BCUT2D eigenvalue weighted by Gasteiger charge is -2.05. The van der Waals surface area contributed by atoms with Crippen LogP contribution in [0.15, 0.2) is 42.6 Å². The van der Waals surface area contributed by atoms with E-state index in [1.54, 1.807) is 36.5 Å². The summed E-state index contributed by atoms with van der Waals surface area (Å²) in [7, 11) is 0. The Labute approximate surface area is 120 Å². The lowest BCUT2D eigenvalue weighted by molar-refractivity contribution is 0.104. The largest absolute Gasteiger partial charge is 0.399 e. The number of anilines is 2. The number of ketones is 1. The highest BCUT2D eigenvalue weighted by Crippen LogP contribution is 2.26. The highest BCUT2D eigenvalue weighted by molar-refractivity contribution is 6.19. The third-order valence-electron chi connectivity index (χ3n) is 3.39. The molecule has 0 aliphatic carbocycles. The average Bonchev–Trinajstić information content (AvgIpc) is 2.90. The standard InChI is InChI=1S/C16H12N4O/c17-7-9-2-1-3-14-15(9)12(8-20-14)16(21)11-5-4-10(18)6-13(11)19/h1-6,8,20H,18-19H2. The van der Waals surface area contributed by atoms with Gasteiger partial charge in [-0.05, 0) is 30.3 Å². The van der Waals surface area contributed by atoms with Gasteiger partial charge in [0.2, 0.25) is 0 Å². The Morgan fingerprint density at radius 1 is 1.14 bits per heavy atom. The van der Waals surface area contributed by atoms with Crippen molar-refractivity contribution < 1.29 is 4.79 Å². The molecule has 3 rings (SSSR count). The highest BCUT2D eigenvalue weighted by Gasteiger charge is 2.18. The van der Waals surface area contributed by atoms with Crippen LogP contribution in [0, 0.1) is 11.3 Å². The first-order valence-corrected chi connectivity index (χ1v) is 6.31. The van der Waals surface area contributed by atoms with E-state index < -0.39 is 0 Å². The molecule has 0 fully saturated rings. The normalized spacial score (nSPS) is 10.4. The zero-order valence-corrected chi connectivity index (χ0v) is 11.1. The van der Waals surface area contributed by atoms with Gasteiger partial charge in [-0.2, -0.15) is 5.26 Å². The topological polar surface area (TPSA) is 109 Å². The zero-order valence-electron chi connectivity index (χ0n) is 11.1. The van der Waals surface area contributed by atoms with Crippen LogP contribution < -0.4 is 11.5 Å². The SMILES string of the molecule is N#Cc1cccc2[nH]cc(C(=O)c3ccc(N)cc3N)c12. The van der Waals surface area contributed by atoms with Crippen LogP contribution in [0.1, 0.15) is 21.5 Å². The molecule has 2 aromatic carbocycles. The second-order valence-electron chi connectivity index (χ2n) is 4.72. The van der Waals surface area contributed by atoms with Gasteiger partial charge in [0.1, 0.15) is 0 Å². The predicted octanol–water partition coefficient (Wildman–Crippen LogP) is 2.43. The van der Waals surface area contributed by atoms with Crippen LogP contribution in [0.4, 0.5) is 11.4 Å². The van der Waals surface area contributed by atoms with Crippen LogP contribution in [0.2, 0.25) is 0 Å². The molecule has 0 atom stereocenters. The van der Waals surface area contributed by atoms with Gasteiger partial charge < -0.3 is 16.5 Å². The van der Waals surface area contributed by atoms with Crippen LogP contribution in [-0.4, -0.2) is 10.8 Å². The number of nitrogen functional groups attached to an aromatic ring is 2. The van der Waals surface area contributed by atoms with Crippen molar-refractivity contribution in [2.75, 3.05) is 11.5 Å². The minimum atomic E-state index is -0.235. The van der Waals surface area contributed by atoms with Crippen molar-refractivity contribution in [3.8, 4) is 6.07 Å². The maximum absolute atomic E-state index is 12.7. The summed E-state index contributed by atoms with van der Waals surface area (Å²) in [5, 5.41) is 9.82. The molecule has 0 amide bonds. The van der Waals surface area contributed by atoms with E-state index in [-0.39, 0.29) is 5.78 Å². The van der Waals surface area contributed by atoms with Gasteiger partial charge in [-0.25, -0.2) is 0 Å². The summed E-state index contributed by atoms with van der Waals surface area (Å²) in [5.74, 6) is -0.235. The van der Waals surface area contributed by atoms with Crippen molar-refractivity contribution in [1.29, 1.82) is 5.26 Å². The summed E-state index contributed by atoms with van der Waals surface area (Å²) < 4.78 is 0. The molecular formula is C16H12N4O. The Balaban J connectivity index is 2.21. The summed E-state index contributed by atoms with van der Waals surface area (Å²) >= 11 is 0. The second kappa shape index (κ2) is 4.69. The Hall–Kier alpha value is -3.26. The Kier molecular flexibility index (Phi) is 2.85. The van der Waals surface area contributed by atoms with Gasteiger partial charge >= 0.3 is 0 Å². The molecule has 0 spiro atoms. The smallest absolute Gasteiger partial charge is 0.197 e. The van der Waals surface area contributed by atoms with E-state index in [4.69, 9.17) is 11.5 Å². The summed E-state index contributed by atoms with van der Waals surface area (Å²) in [4.78, 5) is 15.7. The van der Waals surface area contributed by atoms with Gasteiger partial charge in [-0.3, -0.25) is 4.79 Å². The first-order valence-electron chi connectivity index (χ1n) is 6.31. The molecule has 3 aromatic rings. The fraction of sp³-hybridized carbons (Fsp3) is 0. The number of aromatic nitrogens is 1. The van der Waals surface area contributed by atoms with Gasteiger partial charge in [0, 0.05) is 39.6 Å². The van der Waals surface area contributed by atoms with E-state index in [9.17, 15) is 10.1 Å². The fourth-order valence-corrected chi connectivity index (χ4v) is 2.39. The minimum Gasteiger partial charge on any atom is -0.399 e. The van der Waals surface area contributed by atoms with Crippen molar-refractivity contribution in [3.63, 3.8) is 0 Å². The summed E-state index contributed by atoms with van der Waals surface area (Å²) in [6.45, 7) is 0. The van der Waals surface area contributed by atoms with Crippen LogP contribution in [-0.2, 0) is 0 Å². The molecule has 102 valence electrons. The van der Waals surface area contributed by atoms with Gasteiger partial charge in [-0.15, -0.1) is 0 Å². The first kappa shape index (κ1) is 12.8. The third-order valence-corrected chi connectivity index (χ3v) is 3.39. The van der Waals surface area contributed by atoms with Crippen molar-refractivity contribution in [1.82, 2.24) is 4.98 Å². The maximum atomic E-state index is 12.7. The van der Waals surface area contributed by atoms with Crippen molar-refractivity contribution in [2.24, 2.45) is 0 Å². The molecule has 5 N–H and O–H groups in total. The van der Waals surface area contributed by atoms with Gasteiger partial charge in [0.05, 0.1) is 11.6 Å². The van der Waals surface area contributed by atoms with E-state index in [2.05, 4.69) is 11.1 Å². The molecule has 0 bridgehead atoms. The molecule has 5 nitrogen and oxygen atoms in total. The number of nitriles is 1. The van der Waals surface area contributed by atoms with E-state index in [0.717, 1.165) is 5.52 Å². The molecular weight excluding hydrogens is 264 g/mol. The quantitative estimate of drug-likeness (QED) is 0.493. The number of hydrogen-bond donors (Lipinski definition) is 3. The molecule has 5 heteroatoms. The monoisotopic (exact) mass is 276 g/mol. The number of nitrogens with one attached hydrogen (secondary N) is 1. The van der Waals surface area contributed by atoms with Crippen LogP contribution in [0.25, 0.3) is 10.9 Å². The molecule has 21 heavy (non-hydrogen) atoms.